The first-order valence-electron chi connectivity index (χ1n) is 9.94. The Morgan fingerprint density at radius 2 is 2.00 bits per heavy atom. The van der Waals surface area contributed by atoms with Crippen LogP contribution in [0.15, 0.2) is 18.2 Å². The molecular weight excluding hydrogens is 366 g/mol. The number of halogens is 1. The van der Waals surface area contributed by atoms with Crippen LogP contribution in [0.2, 0.25) is 5.02 Å². The Kier molecular flexibility index (Phi) is 7.61. The predicted octanol–water partition coefficient (Wildman–Crippen LogP) is 3.34. The summed E-state index contributed by atoms with van der Waals surface area (Å²) in [4.78, 5) is 14.6. The van der Waals surface area contributed by atoms with Gasteiger partial charge in [0.05, 0.1) is 18.9 Å². The van der Waals surface area contributed by atoms with Gasteiger partial charge in [0.25, 0.3) is 0 Å². The van der Waals surface area contributed by atoms with Crippen molar-refractivity contribution in [3.05, 3.63) is 23.2 Å². The quantitative estimate of drug-likeness (QED) is 0.631. The summed E-state index contributed by atoms with van der Waals surface area (Å²) in [6.07, 6.45) is 5.78. The zero-order valence-corrected chi connectivity index (χ0v) is 16.5. The molecule has 2 aliphatic rings. The molecular formula is C20H30ClN3O3. The summed E-state index contributed by atoms with van der Waals surface area (Å²) in [5, 5.41) is 15.4. The van der Waals surface area contributed by atoms with Crippen molar-refractivity contribution < 1.29 is 14.6 Å². The van der Waals surface area contributed by atoms with Gasteiger partial charge in [-0.3, -0.25) is 0 Å². The van der Waals surface area contributed by atoms with Gasteiger partial charge in [-0.1, -0.05) is 18.0 Å². The fourth-order valence-electron chi connectivity index (χ4n) is 3.55. The lowest BCUT2D eigenvalue weighted by Gasteiger charge is -2.31. The van der Waals surface area contributed by atoms with E-state index in [9.17, 15) is 4.79 Å². The number of anilines is 1. The monoisotopic (exact) mass is 395 g/mol. The fourth-order valence-corrected chi connectivity index (χ4v) is 3.72. The Morgan fingerprint density at radius 1 is 1.22 bits per heavy atom. The van der Waals surface area contributed by atoms with Gasteiger partial charge >= 0.3 is 6.03 Å². The van der Waals surface area contributed by atoms with E-state index in [1.54, 1.807) is 12.1 Å². The number of carbonyl (C=O) groups excluding carboxylic acids is 1. The summed E-state index contributed by atoms with van der Waals surface area (Å²) in [6, 6.07) is 5.09. The van der Waals surface area contributed by atoms with Crippen molar-refractivity contribution in [2.75, 3.05) is 44.7 Å². The molecule has 1 aromatic carbocycles. The lowest BCUT2D eigenvalue weighted by molar-refractivity contribution is 0.147. The minimum Gasteiger partial charge on any atom is -0.491 e. The summed E-state index contributed by atoms with van der Waals surface area (Å²) in [5.41, 5.74) is 0.608. The number of hydrogen-bond donors (Lipinski definition) is 3. The second kappa shape index (κ2) is 10.2. The smallest absolute Gasteiger partial charge is 0.319 e. The van der Waals surface area contributed by atoms with Crippen LogP contribution in [0.3, 0.4) is 0 Å². The average Bonchev–Trinajstić information content (AvgIpc) is 2.62. The predicted molar refractivity (Wildman–Crippen MR) is 108 cm³/mol. The van der Waals surface area contributed by atoms with Gasteiger partial charge in [-0.15, -0.1) is 0 Å². The number of β-amino-alcohol motifs (C(OH)–C–C–N with tert-alkyl or cyclic N) is 1. The number of aliphatic hydroxyl groups is 1. The van der Waals surface area contributed by atoms with Gasteiger partial charge in [0.2, 0.25) is 0 Å². The lowest BCUT2D eigenvalue weighted by Crippen LogP contribution is -2.40. The van der Waals surface area contributed by atoms with Crippen LogP contribution in [-0.4, -0.2) is 55.4 Å². The van der Waals surface area contributed by atoms with Crippen molar-refractivity contribution in [1.29, 1.82) is 0 Å². The first-order chi connectivity index (χ1) is 13.1. The van der Waals surface area contributed by atoms with Gasteiger partial charge < -0.3 is 25.4 Å². The largest absolute Gasteiger partial charge is 0.491 e. The number of carbonyl (C=O) groups is 1. The van der Waals surface area contributed by atoms with Gasteiger partial charge in [0.1, 0.15) is 5.75 Å². The van der Waals surface area contributed by atoms with Crippen LogP contribution >= 0.6 is 11.6 Å². The molecule has 3 rings (SSSR count). The van der Waals surface area contributed by atoms with E-state index in [0.717, 1.165) is 32.5 Å². The summed E-state index contributed by atoms with van der Waals surface area (Å²) in [6.45, 7) is 4.22. The topological polar surface area (TPSA) is 73.8 Å². The van der Waals surface area contributed by atoms with Gasteiger partial charge in [0, 0.05) is 18.1 Å². The molecule has 2 fully saturated rings. The molecule has 0 bridgehead atoms. The van der Waals surface area contributed by atoms with E-state index >= 15 is 0 Å². The number of rotatable bonds is 8. The van der Waals surface area contributed by atoms with E-state index < -0.39 is 0 Å². The molecule has 1 aliphatic carbocycles. The highest BCUT2D eigenvalue weighted by Gasteiger charge is 2.20. The number of benzene rings is 1. The SMILES string of the molecule is O=C(NCC1CCN(CCO)CC1)Nc1cc(Cl)ccc1OCC1CCC1. The number of likely N-dealkylation sites (tertiary alicyclic amines) is 1. The third kappa shape index (κ3) is 6.26. The first-order valence-corrected chi connectivity index (χ1v) is 10.3. The number of hydrogen-bond acceptors (Lipinski definition) is 4. The Labute approximate surface area is 166 Å². The second-order valence-electron chi connectivity index (χ2n) is 7.59. The Balaban J connectivity index is 1.45. The molecule has 1 heterocycles. The maximum Gasteiger partial charge on any atom is 0.319 e. The van der Waals surface area contributed by atoms with E-state index in [4.69, 9.17) is 21.4 Å². The third-order valence-corrected chi connectivity index (χ3v) is 5.80. The summed E-state index contributed by atoms with van der Waals surface area (Å²) in [5.74, 6) is 1.76. The van der Waals surface area contributed by atoms with Crippen LogP contribution < -0.4 is 15.4 Å². The Hall–Kier alpha value is -1.50. The number of nitrogens with zero attached hydrogens (tertiary/aromatic N) is 1. The number of ether oxygens (including phenoxy) is 1. The van der Waals surface area contributed by atoms with Crippen LogP contribution in [-0.2, 0) is 0 Å². The molecule has 0 radical (unpaired) electrons. The second-order valence-corrected chi connectivity index (χ2v) is 8.03. The summed E-state index contributed by atoms with van der Waals surface area (Å²) >= 11 is 6.09. The average molecular weight is 396 g/mol. The zero-order valence-electron chi connectivity index (χ0n) is 15.8. The number of aliphatic hydroxyl groups excluding tert-OH is 1. The van der Waals surface area contributed by atoms with Crippen molar-refractivity contribution in [1.82, 2.24) is 10.2 Å². The van der Waals surface area contributed by atoms with Crippen LogP contribution in [0.5, 0.6) is 5.75 Å². The molecule has 3 N–H and O–H groups in total. The maximum atomic E-state index is 12.3. The van der Waals surface area contributed by atoms with Gasteiger partial charge in [-0.05, 0) is 68.8 Å². The number of piperidine rings is 1. The van der Waals surface area contributed by atoms with Gasteiger partial charge in [-0.2, -0.15) is 0 Å². The highest BCUT2D eigenvalue weighted by Crippen LogP contribution is 2.31. The van der Waals surface area contributed by atoms with E-state index in [0.29, 0.717) is 41.4 Å². The van der Waals surface area contributed by atoms with E-state index in [1.807, 2.05) is 6.07 Å². The molecule has 6 nitrogen and oxygen atoms in total. The standard InChI is InChI=1S/C20H30ClN3O3/c21-17-4-5-19(27-14-16-2-1-3-16)18(12-17)23-20(26)22-13-15-6-8-24(9-7-15)10-11-25/h4-5,12,15-16,25H,1-3,6-11,13-14H2,(H2,22,23,26). The molecule has 2 amide bonds. The number of amides is 2. The minimum atomic E-state index is -0.233. The third-order valence-electron chi connectivity index (χ3n) is 5.56. The fraction of sp³-hybridized carbons (Fsp3) is 0.650. The van der Waals surface area contributed by atoms with Crippen molar-refractivity contribution in [2.24, 2.45) is 11.8 Å². The molecule has 1 saturated heterocycles. The normalized spacial score (nSPS) is 18.7. The Bertz CT molecular complexity index is 616. The van der Waals surface area contributed by atoms with Crippen molar-refractivity contribution in [3.63, 3.8) is 0 Å². The van der Waals surface area contributed by atoms with E-state index in [2.05, 4.69) is 15.5 Å². The first kappa shape index (κ1) is 20.2. The molecule has 0 unspecified atom stereocenters. The van der Waals surface area contributed by atoms with Crippen LogP contribution in [0.1, 0.15) is 32.1 Å². The van der Waals surface area contributed by atoms with Crippen molar-refractivity contribution in [3.8, 4) is 5.75 Å². The van der Waals surface area contributed by atoms with Crippen LogP contribution in [0.4, 0.5) is 10.5 Å². The number of urea groups is 1. The van der Waals surface area contributed by atoms with Crippen molar-refractivity contribution in [2.45, 2.75) is 32.1 Å². The highest BCUT2D eigenvalue weighted by atomic mass is 35.5. The summed E-state index contributed by atoms with van der Waals surface area (Å²) < 4.78 is 5.90. The van der Waals surface area contributed by atoms with Gasteiger partial charge in [-0.25, -0.2) is 4.79 Å². The van der Waals surface area contributed by atoms with E-state index in [-0.39, 0.29) is 12.6 Å². The molecule has 7 heteroatoms. The molecule has 1 aliphatic heterocycles. The van der Waals surface area contributed by atoms with Crippen LogP contribution in [0, 0.1) is 11.8 Å². The maximum absolute atomic E-state index is 12.3. The van der Waals surface area contributed by atoms with Crippen molar-refractivity contribution >= 4 is 23.3 Å². The zero-order chi connectivity index (χ0) is 19.1. The number of nitrogens with one attached hydrogen (secondary N) is 2. The molecule has 0 spiro atoms. The molecule has 0 aromatic heterocycles. The molecule has 1 saturated carbocycles. The molecule has 0 atom stereocenters. The van der Waals surface area contributed by atoms with E-state index in [1.165, 1.54) is 19.3 Å². The highest BCUT2D eigenvalue weighted by molar-refractivity contribution is 6.31. The van der Waals surface area contributed by atoms with Gasteiger partial charge in [0.15, 0.2) is 0 Å². The lowest BCUT2D eigenvalue weighted by atomic mass is 9.86. The van der Waals surface area contributed by atoms with Crippen LogP contribution in [0.25, 0.3) is 0 Å². The minimum absolute atomic E-state index is 0.204. The molecule has 150 valence electrons. The molecule has 1 aromatic rings. The Morgan fingerprint density at radius 3 is 2.67 bits per heavy atom. The molecule has 27 heavy (non-hydrogen) atoms. The summed E-state index contributed by atoms with van der Waals surface area (Å²) in [7, 11) is 0.